The Morgan fingerprint density at radius 3 is 2.75 bits per heavy atom. The molecule has 3 heteroatoms. The normalized spacial score (nSPS) is 12.7. The van der Waals surface area contributed by atoms with Crippen LogP contribution < -0.4 is 5.32 Å². The molecule has 1 aromatic carbocycles. The number of benzene rings is 1. The van der Waals surface area contributed by atoms with Crippen LogP contribution in [0.5, 0.6) is 0 Å². The molecule has 0 aliphatic rings. The Balaban J connectivity index is 2.70. The molecule has 1 unspecified atom stereocenters. The molecule has 1 aromatic rings. The first-order valence-corrected chi connectivity index (χ1v) is 6.11. The molecule has 0 fully saturated rings. The topological polar surface area (TPSA) is 21.3 Å². The first-order chi connectivity index (χ1) is 7.79. The van der Waals surface area contributed by atoms with E-state index in [0.717, 1.165) is 31.1 Å². The van der Waals surface area contributed by atoms with E-state index in [4.69, 9.17) is 16.3 Å². The maximum Gasteiger partial charge on any atom is 0.0468 e. The third-order valence-corrected chi connectivity index (χ3v) is 3.00. The summed E-state index contributed by atoms with van der Waals surface area (Å²) in [5, 5.41) is 4.22. The van der Waals surface area contributed by atoms with E-state index in [1.807, 2.05) is 18.2 Å². The molecular formula is C13H20ClNO. The van der Waals surface area contributed by atoms with Crippen molar-refractivity contribution in [1.82, 2.24) is 5.32 Å². The standard InChI is InChI=1S/C13H20ClNO/c1-3-15-10-11(8-9-16-2)12-6-4-5-7-13(12)14/h4-7,11,15H,3,8-10H2,1-2H3. The van der Waals surface area contributed by atoms with Gasteiger partial charge in [0, 0.05) is 25.3 Å². The first-order valence-electron chi connectivity index (χ1n) is 5.73. The van der Waals surface area contributed by atoms with E-state index in [9.17, 15) is 0 Å². The van der Waals surface area contributed by atoms with Crippen molar-refractivity contribution in [2.45, 2.75) is 19.3 Å². The van der Waals surface area contributed by atoms with Crippen molar-refractivity contribution in [3.8, 4) is 0 Å². The largest absolute Gasteiger partial charge is 0.385 e. The summed E-state index contributed by atoms with van der Waals surface area (Å²) in [5.74, 6) is 0.425. The maximum absolute atomic E-state index is 6.21. The first kappa shape index (κ1) is 13.5. The lowest BCUT2D eigenvalue weighted by Gasteiger charge is -2.18. The molecule has 0 aliphatic heterocycles. The Bertz CT molecular complexity index is 296. The van der Waals surface area contributed by atoms with Crippen LogP contribution in [0, 0.1) is 0 Å². The van der Waals surface area contributed by atoms with E-state index in [1.54, 1.807) is 7.11 Å². The van der Waals surface area contributed by atoms with Gasteiger partial charge in [0.05, 0.1) is 0 Å². The fourth-order valence-electron chi connectivity index (χ4n) is 1.75. The second-order valence-corrected chi connectivity index (χ2v) is 4.21. The van der Waals surface area contributed by atoms with E-state index in [0.29, 0.717) is 5.92 Å². The summed E-state index contributed by atoms with van der Waals surface area (Å²) in [6.45, 7) is 4.80. The third-order valence-electron chi connectivity index (χ3n) is 2.66. The molecule has 2 nitrogen and oxygen atoms in total. The van der Waals surface area contributed by atoms with Gasteiger partial charge in [-0.05, 0) is 30.5 Å². The molecule has 16 heavy (non-hydrogen) atoms. The molecule has 1 atom stereocenters. The van der Waals surface area contributed by atoms with Gasteiger partial charge in [-0.1, -0.05) is 36.7 Å². The number of ether oxygens (including phenoxy) is 1. The molecule has 0 heterocycles. The molecule has 0 saturated carbocycles. The van der Waals surface area contributed by atoms with Crippen LogP contribution in [-0.2, 0) is 4.74 Å². The highest BCUT2D eigenvalue weighted by Crippen LogP contribution is 2.26. The van der Waals surface area contributed by atoms with Crippen molar-refractivity contribution in [2.24, 2.45) is 0 Å². The van der Waals surface area contributed by atoms with Gasteiger partial charge in [0.2, 0.25) is 0 Å². The zero-order chi connectivity index (χ0) is 11.8. The van der Waals surface area contributed by atoms with Gasteiger partial charge in [-0.3, -0.25) is 0 Å². The Morgan fingerprint density at radius 1 is 1.38 bits per heavy atom. The highest BCUT2D eigenvalue weighted by Gasteiger charge is 2.13. The lowest BCUT2D eigenvalue weighted by atomic mass is 9.96. The molecule has 0 aromatic heterocycles. The predicted octanol–water partition coefficient (Wildman–Crippen LogP) is 3.07. The minimum absolute atomic E-state index is 0.425. The predicted molar refractivity (Wildman–Crippen MR) is 69.2 cm³/mol. The minimum atomic E-state index is 0.425. The Labute approximate surface area is 103 Å². The summed E-state index contributed by atoms with van der Waals surface area (Å²) >= 11 is 6.21. The molecule has 0 spiro atoms. The Hall–Kier alpha value is -0.570. The van der Waals surface area contributed by atoms with E-state index in [2.05, 4.69) is 18.3 Å². The second kappa shape index (κ2) is 7.66. The van der Waals surface area contributed by atoms with Gasteiger partial charge in [0.1, 0.15) is 0 Å². The Kier molecular flexibility index (Phi) is 6.46. The van der Waals surface area contributed by atoms with E-state index < -0.39 is 0 Å². The summed E-state index contributed by atoms with van der Waals surface area (Å²) in [5.41, 5.74) is 1.21. The number of likely N-dealkylation sites (N-methyl/N-ethyl adjacent to an activating group) is 1. The van der Waals surface area contributed by atoms with Crippen molar-refractivity contribution in [3.63, 3.8) is 0 Å². The number of rotatable bonds is 7. The molecule has 0 aliphatic carbocycles. The Morgan fingerprint density at radius 2 is 2.12 bits per heavy atom. The van der Waals surface area contributed by atoms with Crippen LogP contribution in [0.4, 0.5) is 0 Å². The van der Waals surface area contributed by atoms with Gasteiger partial charge in [-0.25, -0.2) is 0 Å². The SMILES string of the molecule is CCNCC(CCOC)c1ccccc1Cl. The summed E-state index contributed by atoms with van der Waals surface area (Å²) in [6, 6.07) is 8.04. The van der Waals surface area contributed by atoms with Gasteiger partial charge in [-0.2, -0.15) is 0 Å². The quantitative estimate of drug-likeness (QED) is 0.792. The average Bonchev–Trinajstić information content (AvgIpc) is 2.31. The fourth-order valence-corrected chi connectivity index (χ4v) is 2.04. The van der Waals surface area contributed by atoms with Crippen LogP contribution >= 0.6 is 11.6 Å². The molecule has 0 amide bonds. The number of hydrogen-bond acceptors (Lipinski definition) is 2. The van der Waals surface area contributed by atoms with Crippen molar-refractivity contribution < 1.29 is 4.74 Å². The van der Waals surface area contributed by atoms with Crippen LogP contribution in [0.15, 0.2) is 24.3 Å². The average molecular weight is 242 g/mol. The van der Waals surface area contributed by atoms with Crippen LogP contribution in [0.2, 0.25) is 5.02 Å². The highest BCUT2D eigenvalue weighted by molar-refractivity contribution is 6.31. The fraction of sp³-hybridized carbons (Fsp3) is 0.538. The summed E-state index contributed by atoms with van der Waals surface area (Å²) in [6.07, 6.45) is 0.993. The van der Waals surface area contributed by atoms with Gasteiger partial charge in [0.25, 0.3) is 0 Å². The smallest absolute Gasteiger partial charge is 0.0468 e. The molecular weight excluding hydrogens is 222 g/mol. The zero-order valence-corrected chi connectivity index (χ0v) is 10.8. The second-order valence-electron chi connectivity index (χ2n) is 3.81. The summed E-state index contributed by atoms with van der Waals surface area (Å²) in [4.78, 5) is 0. The molecule has 0 bridgehead atoms. The number of hydrogen-bond donors (Lipinski definition) is 1. The molecule has 1 rings (SSSR count). The van der Waals surface area contributed by atoms with Crippen LogP contribution in [0.3, 0.4) is 0 Å². The van der Waals surface area contributed by atoms with Gasteiger partial charge < -0.3 is 10.1 Å². The molecule has 1 N–H and O–H groups in total. The lowest BCUT2D eigenvalue weighted by molar-refractivity contribution is 0.187. The number of methoxy groups -OCH3 is 1. The van der Waals surface area contributed by atoms with Crippen LogP contribution in [-0.4, -0.2) is 26.8 Å². The lowest BCUT2D eigenvalue weighted by Crippen LogP contribution is -2.22. The van der Waals surface area contributed by atoms with Gasteiger partial charge in [-0.15, -0.1) is 0 Å². The van der Waals surface area contributed by atoms with Crippen molar-refractivity contribution in [1.29, 1.82) is 0 Å². The summed E-state index contributed by atoms with van der Waals surface area (Å²) < 4.78 is 5.14. The van der Waals surface area contributed by atoms with Crippen molar-refractivity contribution >= 4 is 11.6 Å². The number of halogens is 1. The third kappa shape index (κ3) is 4.12. The highest BCUT2D eigenvalue weighted by atomic mass is 35.5. The monoisotopic (exact) mass is 241 g/mol. The molecule has 0 saturated heterocycles. The zero-order valence-electron chi connectivity index (χ0n) is 10.0. The van der Waals surface area contributed by atoms with Crippen LogP contribution in [0.1, 0.15) is 24.8 Å². The minimum Gasteiger partial charge on any atom is -0.385 e. The van der Waals surface area contributed by atoms with Gasteiger partial charge >= 0.3 is 0 Å². The van der Waals surface area contributed by atoms with E-state index in [1.165, 1.54) is 5.56 Å². The van der Waals surface area contributed by atoms with E-state index >= 15 is 0 Å². The van der Waals surface area contributed by atoms with Crippen molar-refractivity contribution in [2.75, 3.05) is 26.8 Å². The maximum atomic E-state index is 6.21. The number of nitrogens with one attached hydrogen (secondary N) is 1. The van der Waals surface area contributed by atoms with Crippen LogP contribution in [0.25, 0.3) is 0 Å². The van der Waals surface area contributed by atoms with E-state index in [-0.39, 0.29) is 0 Å². The van der Waals surface area contributed by atoms with Crippen molar-refractivity contribution in [3.05, 3.63) is 34.9 Å². The summed E-state index contributed by atoms with van der Waals surface area (Å²) in [7, 11) is 1.73. The van der Waals surface area contributed by atoms with Gasteiger partial charge in [0.15, 0.2) is 0 Å². The molecule has 0 radical (unpaired) electrons. The molecule has 90 valence electrons.